The van der Waals surface area contributed by atoms with E-state index in [4.69, 9.17) is 16.0 Å². The van der Waals surface area contributed by atoms with Gasteiger partial charge in [0.1, 0.15) is 22.9 Å². The molecule has 1 aromatic heterocycles. The highest BCUT2D eigenvalue weighted by molar-refractivity contribution is 6.32. The van der Waals surface area contributed by atoms with Crippen LogP contribution in [0.3, 0.4) is 0 Å². The van der Waals surface area contributed by atoms with Gasteiger partial charge in [0, 0.05) is 23.2 Å². The van der Waals surface area contributed by atoms with Crippen LogP contribution in [0.1, 0.15) is 79.9 Å². The van der Waals surface area contributed by atoms with Crippen molar-refractivity contribution in [3.63, 3.8) is 0 Å². The summed E-state index contributed by atoms with van der Waals surface area (Å²) in [6.07, 6.45) is 2.77. The van der Waals surface area contributed by atoms with Gasteiger partial charge in [-0.15, -0.1) is 0 Å². The van der Waals surface area contributed by atoms with Crippen molar-refractivity contribution < 1.29 is 19.1 Å². The van der Waals surface area contributed by atoms with Gasteiger partial charge in [0.05, 0.1) is 23.2 Å². The van der Waals surface area contributed by atoms with Gasteiger partial charge in [-0.1, -0.05) is 45.2 Å². The van der Waals surface area contributed by atoms with Crippen molar-refractivity contribution in [3.8, 4) is 0 Å². The Balaban J connectivity index is 1.47. The van der Waals surface area contributed by atoms with E-state index in [1.165, 1.54) is 0 Å². The summed E-state index contributed by atoms with van der Waals surface area (Å²) >= 11 is 6.49. The van der Waals surface area contributed by atoms with Crippen LogP contribution in [0.5, 0.6) is 0 Å². The molecule has 2 heterocycles. The Hall–Kier alpha value is -3.59. The summed E-state index contributed by atoms with van der Waals surface area (Å²) < 4.78 is 5.83. The Morgan fingerprint density at radius 1 is 1.08 bits per heavy atom. The van der Waals surface area contributed by atoms with Crippen molar-refractivity contribution in [2.75, 3.05) is 10.6 Å². The lowest BCUT2D eigenvalue weighted by Crippen LogP contribution is -2.45. The third kappa shape index (κ3) is 4.73. The topological polar surface area (TPSA) is 129 Å². The number of hydrogen-bond acceptors (Lipinski definition) is 7. The van der Waals surface area contributed by atoms with Gasteiger partial charge < -0.3 is 25.1 Å². The molecule has 206 valence electrons. The van der Waals surface area contributed by atoms with Crippen LogP contribution in [0.25, 0.3) is 0 Å². The van der Waals surface area contributed by atoms with Gasteiger partial charge in [0.25, 0.3) is 16.8 Å². The van der Waals surface area contributed by atoms with Crippen LogP contribution in [0.2, 0.25) is 5.02 Å². The monoisotopic (exact) mass is 553 g/mol. The molecule has 1 aliphatic heterocycles. The number of nitrogens with one attached hydrogen (secondary N) is 2. The predicted octanol–water partition coefficient (Wildman–Crippen LogP) is 5.38. The van der Waals surface area contributed by atoms with Gasteiger partial charge >= 0.3 is 5.97 Å². The number of benzene rings is 1. The molecule has 9 nitrogen and oxygen atoms in total. The number of carbonyl (C=O) groups excluding carboxylic acids is 1. The second-order valence-corrected chi connectivity index (χ2v) is 12.0. The molecule has 1 aliphatic carbocycles. The van der Waals surface area contributed by atoms with E-state index in [0.29, 0.717) is 40.4 Å². The number of fused-ring (bicyclic) bond motifs is 1. The molecule has 3 aromatic rings. The Kier molecular flexibility index (Phi) is 6.83. The number of rotatable bonds is 7. The normalized spacial score (nSPS) is 20.2. The first-order chi connectivity index (χ1) is 18.4. The van der Waals surface area contributed by atoms with E-state index in [1.807, 2.05) is 39.8 Å². The molecule has 3 N–H and O–H groups in total. The van der Waals surface area contributed by atoms with Gasteiger partial charge in [-0.2, -0.15) is 0 Å². The first kappa shape index (κ1) is 27.0. The molecule has 39 heavy (non-hydrogen) atoms. The number of carboxylic acids is 1. The lowest BCUT2D eigenvalue weighted by atomic mass is 9.83. The average Bonchev–Trinajstić information content (AvgIpc) is 3.47. The standard InChI is InChI=1S/C29H32ClN3O6/c1-14-9-12-20(39-14)26(29(2,3)4)32-23-22(24(34)25(23)35)31-18-11-10-17(30)16-13-33(27(36)21(16)18)19-8-6-5-7-15(19)28(37)38/h9-12,15,19,26,31-32H,5-8,13H2,1-4H3,(H,37,38)/t15-,19+,26+/m1/s1. The summed E-state index contributed by atoms with van der Waals surface area (Å²) in [5.74, 6) is -0.520. The van der Waals surface area contributed by atoms with Crippen molar-refractivity contribution in [3.05, 3.63) is 72.4 Å². The zero-order chi connectivity index (χ0) is 28.2. The summed E-state index contributed by atoms with van der Waals surface area (Å²) in [7, 11) is 0. The first-order valence-corrected chi connectivity index (χ1v) is 13.5. The molecular formula is C29H32ClN3O6. The lowest BCUT2D eigenvalue weighted by molar-refractivity contribution is -0.145. The van der Waals surface area contributed by atoms with Crippen LogP contribution in [0.15, 0.2) is 38.3 Å². The fraction of sp³-hybridized carbons (Fsp3) is 0.448. The fourth-order valence-corrected chi connectivity index (χ4v) is 6.02. The predicted molar refractivity (Wildman–Crippen MR) is 149 cm³/mol. The molecule has 3 atom stereocenters. The minimum atomic E-state index is -0.910. The minimum absolute atomic E-state index is 0.0642. The highest BCUT2D eigenvalue weighted by atomic mass is 35.5. The number of anilines is 3. The summed E-state index contributed by atoms with van der Waals surface area (Å²) in [4.78, 5) is 52.6. The summed E-state index contributed by atoms with van der Waals surface area (Å²) in [6, 6.07) is 6.08. The number of aryl methyl sites for hydroxylation is 1. The van der Waals surface area contributed by atoms with E-state index in [0.717, 1.165) is 18.6 Å². The van der Waals surface area contributed by atoms with Gasteiger partial charge in [-0.25, -0.2) is 0 Å². The maximum absolute atomic E-state index is 13.7. The number of halogens is 1. The Labute approximate surface area is 230 Å². The molecule has 0 radical (unpaired) electrons. The fourth-order valence-electron chi connectivity index (χ4n) is 5.80. The van der Waals surface area contributed by atoms with Crippen LogP contribution in [0, 0.1) is 18.3 Å². The van der Waals surface area contributed by atoms with E-state index < -0.39 is 34.8 Å². The zero-order valence-electron chi connectivity index (χ0n) is 22.4. The maximum Gasteiger partial charge on any atom is 0.308 e. The van der Waals surface area contributed by atoms with Crippen LogP contribution in [0.4, 0.5) is 17.1 Å². The number of hydrogen-bond donors (Lipinski definition) is 3. The van der Waals surface area contributed by atoms with Gasteiger partial charge in [-0.3, -0.25) is 19.2 Å². The second kappa shape index (κ2) is 9.86. The highest BCUT2D eigenvalue weighted by Gasteiger charge is 2.43. The molecule has 1 fully saturated rings. The number of carbonyl (C=O) groups is 2. The summed E-state index contributed by atoms with van der Waals surface area (Å²) in [5.41, 5.74) is -0.294. The van der Waals surface area contributed by atoms with Crippen molar-refractivity contribution in [2.45, 2.75) is 72.0 Å². The van der Waals surface area contributed by atoms with E-state index >= 15 is 0 Å². The Bertz CT molecular complexity index is 1530. The minimum Gasteiger partial charge on any atom is -0.481 e. The van der Waals surface area contributed by atoms with Gasteiger partial charge in [0.15, 0.2) is 0 Å². The van der Waals surface area contributed by atoms with Crippen LogP contribution >= 0.6 is 11.6 Å². The third-order valence-electron chi connectivity index (χ3n) is 7.88. The molecule has 5 rings (SSSR count). The maximum atomic E-state index is 13.7. The van der Waals surface area contributed by atoms with Crippen LogP contribution in [-0.2, 0) is 11.3 Å². The lowest BCUT2D eigenvalue weighted by Gasteiger charge is -2.35. The van der Waals surface area contributed by atoms with Crippen LogP contribution in [-0.4, -0.2) is 27.9 Å². The average molecular weight is 554 g/mol. The Morgan fingerprint density at radius 3 is 2.41 bits per heavy atom. The third-order valence-corrected chi connectivity index (χ3v) is 8.23. The van der Waals surface area contributed by atoms with E-state index in [-0.39, 0.29) is 29.2 Å². The van der Waals surface area contributed by atoms with Crippen LogP contribution < -0.4 is 21.5 Å². The quantitative estimate of drug-likeness (QED) is 0.333. The van der Waals surface area contributed by atoms with Crippen molar-refractivity contribution in [1.82, 2.24) is 4.90 Å². The molecular weight excluding hydrogens is 522 g/mol. The number of nitrogens with zero attached hydrogens (tertiary/aromatic N) is 1. The molecule has 0 unspecified atom stereocenters. The van der Waals surface area contributed by atoms with E-state index in [9.17, 15) is 24.3 Å². The second-order valence-electron chi connectivity index (χ2n) is 11.6. The van der Waals surface area contributed by atoms with Crippen molar-refractivity contribution in [2.24, 2.45) is 11.3 Å². The number of amides is 1. The molecule has 1 saturated carbocycles. The van der Waals surface area contributed by atoms with Gasteiger partial charge in [0.2, 0.25) is 0 Å². The molecule has 2 aromatic carbocycles. The summed E-state index contributed by atoms with van der Waals surface area (Å²) in [5, 5.41) is 16.4. The number of aliphatic carboxylic acids is 1. The smallest absolute Gasteiger partial charge is 0.308 e. The van der Waals surface area contributed by atoms with E-state index in [2.05, 4.69) is 10.6 Å². The first-order valence-electron chi connectivity index (χ1n) is 13.2. The zero-order valence-corrected chi connectivity index (χ0v) is 23.1. The molecule has 0 saturated heterocycles. The molecule has 10 heteroatoms. The molecule has 1 amide bonds. The molecule has 0 spiro atoms. The number of furan rings is 1. The largest absolute Gasteiger partial charge is 0.481 e. The van der Waals surface area contributed by atoms with Crippen molar-refractivity contribution >= 4 is 40.5 Å². The molecule has 0 bridgehead atoms. The SMILES string of the molecule is Cc1ccc([C@H](Nc2c(Nc3ccc(Cl)c4c3C(=O)N([C@H]3CCCC[C@H]3C(=O)O)C4)c(=O)c2=O)C(C)(C)C)o1. The van der Waals surface area contributed by atoms with Crippen molar-refractivity contribution in [1.29, 1.82) is 0 Å². The molecule has 2 aliphatic rings. The van der Waals surface area contributed by atoms with Gasteiger partial charge in [-0.05, 0) is 49.4 Å². The number of carboxylic acid groups (broad SMARTS) is 1. The summed E-state index contributed by atoms with van der Waals surface area (Å²) in [6.45, 7) is 8.02. The Morgan fingerprint density at radius 2 is 1.77 bits per heavy atom. The highest BCUT2D eigenvalue weighted by Crippen LogP contribution is 2.42. The van der Waals surface area contributed by atoms with E-state index in [1.54, 1.807) is 17.0 Å².